The van der Waals surface area contributed by atoms with Gasteiger partial charge in [0.25, 0.3) is 0 Å². The van der Waals surface area contributed by atoms with Gasteiger partial charge in [0.1, 0.15) is 3.70 Å². The maximum absolute atomic E-state index is 5.29. The van der Waals surface area contributed by atoms with E-state index in [1.807, 2.05) is 0 Å². The average molecular weight is 236 g/mol. The molecule has 0 amide bonds. The minimum absolute atomic E-state index is 0.567. The van der Waals surface area contributed by atoms with Gasteiger partial charge in [0.15, 0.2) is 0 Å². The van der Waals surface area contributed by atoms with Gasteiger partial charge in [-0.25, -0.2) is 4.99 Å². The van der Waals surface area contributed by atoms with E-state index in [9.17, 15) is 0 Å². The smallest absolute Gasteiger partial charge is 0.103 e. The molecule has 0 saturated carbocycles. The van der Waals surface area contributed by atoms with Crippen molar-refractivity contribution < 1.29 is 0 Å². The molecule has 0 aromatic heterocycles. The van der Waals surface area contributed by atoms with Crippen molar-refractivity contribution in [3.05, 3.63) is 22.4 Å². The predicted molar refractivity (Wildman–Crippen MR) is 49.6 cm³/mol. The average Bonchev–Trinajstić information content (AvgIpc) is 1.63. The van der Waals surface area contributed by atoms with E-state index in [0.29, 0.717) is 5.84 Å². The Labute approximate surface area is 68.7 Å². The Hall–Kier alpha value is -0.320. The van der Waals surface area contributed by atoms with Crippen molar-refractivity contribution >= 4 is 28.4 Å². The highest BCUT2D eigenvalue weighted by molar-refractivity contribution is 14.1. The minimum atomic E-state index is 0.567. The highest BCUT2D eigenvalue weighted by Crippen LogP contribution is 2.06. The zero-order chi connectivity index (χ0) is 7.28. The lowest BCUT2D eigenvalue weighted by atomic mass is 10.6. The van der Waals surface area contributed by atoms with Crippen molar-refractivity contribution in [1.82, 2.24) is 0 Å². The van der Waals surface area contributed by atoms with Crippen molar-refractivity contribution in [2.75, 3.05) is 0 Å². The lowest BCUT2D eigenvalue weighted by Crippen LogP contribution is -2.04. The fourth-order valence-electron chi connectivity index (χ4n) is 0.303. The lowest BCUT2D eigenvalue weighted by molar-refractivity contribution is 1.46. The number of hydrogen-bond donors (Lipinski definition) is 1. The number of amidine groups is 1. The van der Waals surface area contributed by atoms with E-state index in [2.05, 4.69) is 34.2 Å². The van der Waals surface area contributed by atoms with Gasteiger partial charge < -0.3 is 5.73 Å². The summed E-state index contributed by atoms with van der Waals surface area (Å²) in [4.78, 5) is 3.94. The van der Waals surface area contributed by atoms with Crippen LogP contribution in [0.3, 0.4) is 0 Å². The fourth-order valence-corrected chi connectivity index (χ4v) is 0.938. The molecule has 0 heterocycles. The quantitative estimate of drug-likeness (QED) is 0.256. The Morgan fingerprint density at radius 2 is 2.33 bits per heavy atom. The fraction of sp³-hybridized carbons (Fsp3) is 0.167. The third-order valence-corrected chi connectivity index (χ3v) is 1.14. The first kappa shape index (κ1) is 8.68. The van der Waals surface area contributed by atoms with Crippen LogP contribution in [0.25, 0.3) is 0 Å². The molecule has 0 saturated heterocycles. The van der Waals surface area contributed by atoms with Gasteiger partial charge in [-0.15, -0.1) is 0 Å². The summed E-state index contributed by atoms with van der Waals surface area (Å²) in [5, 5.41) is 0. The SMILES string of the molecule is C=C/C=C(/I)N=C(C)N. The normalized spacial score (nSPS) is 13.6. The Kier molecular flexibility index (Phi) is 4.39. The molecule has 0 aromatic rings. The third kappa shape index (κ3) is 5.55. The van der Waals surface area contributed by atoms with Gasteiger partial charge in [-0.05, 0) is 35.6 Å². The van der Waals surface area contributed by atoms with E-state index < -0.39 is 0 Å². The molecule has 0 atom stereocenters. The number of aliphatic imine (C=N–C) groups is 1. The number of nitrogens with zero attached hydrogens (tertiary/aromatic N) is 1. The van der Waals surface area contributed by atoms with E-state index in [1.165, 1.54) is 0 Å². The van der Waals surface area contributed by atoms with Crippen LogP contribution in [0.2, 0.25) is 0 Å². The minimum Gasteiger partial charge on any atom is -0.387 e. The van der Waals surface area contributed by atoms with Crippen molar-refractivity contribution in [3.63, 3.8) is 0 Å². The molecule has 3 heteroatoms. The number of hydrogen-bond acceptors (Lipinski definition) is 1. The zero-order valence-electron chi connectivity index (χ0n) is 5.26. The van der Waals surface area contributed by atoms with Crippen LogP contribution in [0.1, 0.15) is 6.92 Å². The molecule has 50 valence electrons. The van der Waals surface area contributed by atoms with Crippen molar-refractivity contribution in [2.45, 2.75) is 6.92 Å². The van der Waals surface area contributed by atoms with Gasteiger partial charge in [-0.2, -0.15) is 0 Å². The highest BCUT2D eigenvalue weighted by atomic mass is 127. The highest BCUT2D eigenvalue weighted by Gasteiger charge is 1.81. The summed E-state index contributed by atoms with van der Waals surface area (Å²) in [7, 11) is 0. The summed E-state index contributed by atoms with van der Waals surface area (Å²) in [6.45, 7) is 5.26. The van der Waals surface area contributed by atoms with Gasteiger partial charge in [-0.3, -0.25) is 0 Å². The molecule has 0 fully saturated rings. The molecule has 0 radical (unpaired) electrons. The first-order chi connectivity index (χ1) is 4.16. The maximum Gasteiger partial charge on any atom is 0.103 e. The summed E-state index contributed by atoms with van der Waals surface area (Å²) >= 11 is 2.08. The molecule has 0 aliphatic heterocycles. The molecule has 2 N–H and O–H groups in total. The molecule has 0 spiro atoms. The molecular formula is C6H9IN2. The van der Waals surface area contributed by atoms with Crippen LogP contribution >= 0.6 is 22.6 Å². The molecule has 0 bridgehead atoms. The van der Waals surface area contributed by atoms with Crippen molar-refractivity contribution in [1.29, 1.82) is 0 Å². The Balaban J connectivity index is 4.05. The third-order valence-electron chi connectivity index (χ3n) is 0.539. The molecule has 2 nitrogen and oxygen atoms in total. The topological polar surface area (TPSA) is 38.4 Å². The van der Waals surface area contributed by atoms with Crippen molar-refractivity contribution in [3.8, 4) is 0 Å². The van der Waals surface area contributed by atoms with Crippen LogP contribution in [-0.2, 0) is 0 Å². The van der Waals surface area contributed by atoms with Crippen LogP contribution in [-0.4, -0.2) is 5.84 Å². The van der Waals surface area contributed by atoms with E-state index in [-0.39, 0.29) is 0 Å². The zero-order valence-corrected chi connectivity index (χ0v) is 7.42. The molecular weight excluding hydrogens is 227 g/mol. The summed E-state index contributed by atoms with van der Waals surface area (Å²) in [5.74, 6) is 0.567. The number of allylic oxidation sites excluding steroid dienone is 2. The van der Waals surface area contributed by atoms with Gasteiger partial charge in [0, 0.05) is 0 Å². The van der Waals surface area contributed by atoms with Crippen LogP contribution in [0, 0.1) is 0 Å². The van der Waals surface area contributed by atoms with Crippen LogP contribution in [0.4, 0.5) is 0 Å². The van der Waals surface area contributed by atoms with Gasteiger partial charge in [0.2, 0.25) is 0 Å². The van der Waals surface area contributed by atoms with Crippen molar-refractivity contribution in [2.24, 2.45) is 10.7 Å². The molecule has 9 heavy (non-hydrogen) atoms. The Bertz CT molecular complexity index is 154. The van der Waals surface area contributed by atoms with Crippen LogP contribution < -0.4 is 5.73 Å². The number of rotatable bonds is 2. The lowest BCUT2D eigenvalue weighted by Gasteiger charge is -1.87. The van der Waals surface area contributed by atoms with E-state index in [0.717, 1.165) is 3.70 Å². The van der Waals surface area contributed by atoms with E-state index in [4.69, 9.17) is 5.73 Å². The first-order valence-corrected chi connectivity index (χ1v) is 3.53. The standard InChI is InChI=1S/C6H9IN2/c1-3-4-6(7)9-5(2)8/h3-4H,1H2,2H3,(H2,8,9)/b6-4-. The second kappa shape index (κ2) is 4.55. The maximum atomic E-state index is 5.29. The summed E-state index contributed by atoms with van der Waals surface area (Å²) in [5.41, 5.74) is 5.29. The first-order valence-electron chi connectivity index (χ1n) is 2.46. The Morgan fingerprint density at radius 1 is 1.78 bits per heavy atom. The summed E-state index contributed by atoms with van der Waals surface area (Å²) < 4.78 is 0.850. The van der Waals surface area contributed by atoms with Gasteiger partial charge >= 0.3 is 0 Å². The van der Waals surface area contributed by atoms with Crippen LogP contribution in [0.5, 0.6) is 0 Å². The monoisotopic (exact) mass is 236 g/mol. The summed E-state index contributed by atoms with van der Waals surface area (Å²) in [6, 6.07) is 0. The Morgan fingerprint density at radius 3 is 2.67 bits per heavy atom. The second-order valence-electron chi connectivity index (χ2n) is 1.48. The molecule has 0 rings (SSSR count). The molecule has 0 aliphatic carbocycles. The second-order valence-corrected chi connectivity index (χ2v) is 2.58. The molecule has 0 unspecified atom stereocenters. The number of nitrogens with two attached hydrogens (primary N) is 1. The summed E-state index contributed by atoms with van der Waals surface area (Å²) in [6.07, 6.45) is 3.46. The van der Waals surface area contributed by atoms with Gasteiger partial charge in [0.05, 0.1) is 5.84 Å². The van der Waals surface area contributed by atoms with E-state index >= 15 is 0 Å². The predicted octanol–water partition coefficient (Wildman–Crippen LogP) is 1.83. The largest absolute Gasteiger partial charge is 0.387 e. The van der Waals surface area contributed by atoms with E-state index in [1.54, 1.807) is 19.1 Å². The molecule has 0 aliphatic rings. The van der Waals surface area contributed by atoms with Crippen LogP contribution in [0.15, 0.2) is 27.4 Å². The molecule has 0 aromatic carbocycles. The van der Waals surface area contributed by atoms with Gasteiger partial charge in [-0.1, -0.05) is 12.7 Å². The number of halogens is 1.